The number of nitriles is 1. The van der Waals surface area contributed by atoms with Gasteiger partial charge in [-0.2, -0.15) is 17.0 Å². The number of hydrogen-bond donors (Lipinski definition) is 0. The number of rotatable bonds is 4. The molecule has 0 aromatic heterocycles. The first-order chi connectivity index (χ1) is 9.75. The van der Waals surface area contributed by atoms with E-state index >= 15 is 0 Å². The maximum Gasteiger partial charge on any atom is 0.156 e. The topological polar surface area (TPSA) is 27.0 Å². The molecule has 2 nitrogen and oxygen atoms in total. The van der Waals surface area contributed by atoms with Gasteiger partial charge in [0.2, 0.25) is 0 Å². The van der Waals surface area contributed by atoms with Gasteiger partial charge in [-0.15, -0.1) is 11.8 Å². The third-order valence-electron chi connectivity index (χ3n) is 3.70. The van der Waals surface area contributed by atoms with Gasteiger partial charge >= 0.3 is 0 Å². The van der Waals surface area contributed by atoms with E-state index in [9.17, 15) is 5.26 Å². The largest absolute Gasteiger partial charge is 0.277 e. The summed E-state index contributed by atoms with van der Waals surface area (Å²) in [6.07, 6.45) is 2.04. The quantitative estimate of drug-likeness (QED) is 0.847. The van der Waals surface area contributed by atoms with E-state index in [1.54, 1.807) is 11.8 Å². The van der Waals surface area contributed by atoms with Crippen LogP contribution in [0.4, 0.5) is 0 Å². The highest BCUT2D eigenvalue weighted by atomic mass is 32.2. The summed E-state index contributed by atoms with van der Waals surface area (Å²) in [7, 11) is 0. The molecule has 4 heteroatoms. The summed E-state index contributed by atoms with van der Waals surface area (Å²) in [6.45, 7) is 4.01. The summed E-state index contributed by atoms with van der Waals surface area (Å²) in [5.74, 6) is 2.20. The van der Waals surface area contributed by atoms with Crippen molar-refractivity contribution in [1.29, 1.82) is 5.26 Å². The zero-order valence-electron chi connectivity index (χ0n) is 12.0. The average Bonchev–Trinajstić information content (AvgIpc) is 2.51. The van der Waals surface area contributed by atoms with Gasteiger partial charge in [-0.25, -0.2) is 0 Å². The van der Waals surface area contributed by atoms with E-state index in [4.69, 9.17) is 0 Å². The van der Waals surface area contributed by atoms with Gasteiger partial charge in [0.1, 0.15) is 0 Å². The summed E-state index contributed by atoms with van der Waals surface area (Å²) < 4.78 is 0. The molecule has 0 spiro atoms. The average molecular weight is 304 g/mol. The Hall–Kier alpha value is -0.890. The Labute approximate surface area is 130 Å². The van der Waals surface area contributed by atoms with Crippen molar-refractivity contribution in [3.63, 3.8) is 0 Å². The fourth-order valence-electron chi connectivity index (χ4n) is 2.72. The van der Waals surface area contributed by atoms with E-state index in [-0.39, 0.29) is 0 Å². The van der Waals surface area contributed by atoms with Gasteiger partial charge in [0.25, 0.3) is 0 Å². The smallest absolute Gasteiger partial charge is 0.156 e. The van der Waals surface area contributed by atoms with Gasteiger partial charge in [-0.1, -0.05) is 30.3 Å². The molecular formula is C16H20N2S2. The molecule has 0 N–H and O–H groups in total. The van der Waals surface area contributed by atoms with E-state index in [1.807, 2.05) is 36.2 Å². The minimum absolute atomic E-state index is 0.620. The van der Waals surface area contributed by atoms with E-state index in [1.165, 1.54) is 0 Å². The predicted molar refractivity (Wildman–Crippen MR) is 89.9 cm³/mol. The molecule has 1 fully saturated rings. The number of thioether (sulfide) groups is 2. The van der Waals surface area contributed by atoms with E-state index in [2.05, 4.69) is 35.4 Å². The number of hydrogen-bond acceptors (Lipinski definition) is 4. The summed E-state index contributed by atoms with van der Waals surface area (Å²) in [6, 6.07) is 12.8. The molecule has 0 bridgehead atoms. The van der Waals surface area contributed by atoms with E-state index in [0.29, 0.717) is 0 Å². The fraction of sp³-hybridized carbons (Fsp3) is 0.438. The van der Waals surface area contributed by atoms with Gasteiger partial charge in [-0.05, 0) is 29.7 Å². The van der Waals surface area contributed by atoms with Gasteiger partial charge in [0, 0.05) is 24.6 Å². The molecule has 0 aliphatic carbocycles. The lowest BCUT2D eigenvalue weighted by molar-refractivity contribution is 0.185. The second-order valence-corrected chi connectivity index (χ2v) is 6.76. The van der Waals surface area contributed by atoms with Crippen molar-refractivity contribution in [3.8, 4) is 6.07 Å². The minimum atomic E-state index is -0.620. The highest BCUT2D eigenvalue weighted by molar-refractivity contribution is 8.01. The molecule has 1 aromatic carbocycles. The van der Waals surface area contributed by atoms with E-state index in [0.717, 1.165) is 35.7 Å². The summed E-state index contributed by atoms with van der Waals surface area (Å²) in [4.78, 5) is 2.33. The lowest BCUT2D eigenvalue weighted by atomic mass is 9.83. The second kappa shape index (κ2) is 7.21. The molecule has 1 aliphatic rings. The molecule has 1 aromatic rings. The first-order valence-corrected chi connectivity index (χ1v) is 9.19. The van der Waals surface area contributed by atoms with Gasteiger partial charge in [0.05, 0.1) is 6.07 Å². The third kappa shape index (κ3) is 2.90. The first-order valence-electron chi connectivity index (χ1n) is 6.75. The molecule has 2 rings (SSSR count). The molecule has 1 atom stereocenters. The Morgan fingerprint density at radius 1 is 1.35 bits per heavy atom. The Morgan fingerprint density at radius 2 is 2.00 bits per heavy atom. The fourth-order valence-corrected chi connectivity index (χ4v) is 4.15. The van der Waals surface area contributed by atoms with Crippen molar-refractivity contribution in [2.45, 2.75) is 12.5 Å². The molecule has 1 unspecified atom stereocenters. The zero-order valence-corrected chi connectivity index (χ0v) is 13.6. The predicted octanol–water partition coefficient (Wildman–Crippen LogP) is 3.72. The maximum atomic E-state index is 10.0. The van der Waals surface area contributed by atoms with Crippen molar-refractivity contribution in [1.82, 2.24) is 4.90 Å². The van der Waals surface area contributed by atoms with Crippen LogP contribution in [0, 0.1) is 11.3 Å². The molecule has 106 valence electrons. The molecular weight excluding hydrogens is 284 g/mol. The molecule has 1 saturated heterocycles. The Morgan fingerprint density at radius 3 is 2.55 bits per heavy atom. The highest BCUT2D eigenvalue weighted by Gasteiger charge is 2.41. The van der Waals surface area contributed by atoms with Crippen molar-refractivity contribution in [2.75, 3.05) is 30.9 Å². The van der Waals surface area contributed by atoms with Crippen molar-refractivity contribution in [2.24, 2.45) is 0 Å². The third-order valence-corrected chi connectivity index (χ3v) is 5.24. The van der Waals surface area contributed by atoms with Crippen LogP contribution in [0.3, 0.4) is 0 Å². The van der Waals surface area contributed by atoms with E-state index < -0.39 is 5.54 Å². The second-order valence-electron chi connectivity index (χ2n) is 4.82. The van der Waals surface area contributed by atoms with Crippen LogP contribution in [-0.4, -0.2) is 35.8 Å². The SMILES string of the molecule is CS/C=C(\C)C(C#N)(c1ccccc1)N1CCSCC1. The lowest BCUT2D eigenvalue weighted by Crippen LogP contribution is -2.50. The van der Waals surface area contributed by atoms with Crippen molar-refractivity contribution < 1.29 is 0 Å². The summed E-state index contributed by atoms with van der Waals surface area (Å²) in [5.41, 5.74) is 1.58. The van der Waals surface area contributed by atoms with Crippen LogP contribution in [0.25, 0.3) is 0 Å². The van der Waals surface area contributed by atoms with Crippen LogP contribution in [0.1, 0.15) is 12.5 Å². The Bertz CT molecular complexity index is 501. The highest BCUT2D eigenvalue weighted by Crippen LogP contribution is 2.37. The monoisotopic (exact) mass is 304 g/mol. The molecule has 0 saturated carbocycles. The normalized spacial score (nSPS) is 20.1. The number of benzene rings is 1. The van der Waals surface area contributed by atoms with Gasteiger partial charge in [-0.3, -0.25) is 4.90 Å². The molecule has 20 heavy (non-hydrogen) atoms. The van der Waals surface area contributed by atoms with Crippen LogP contribution >= 0.6 is 23.5 Å². The van der Waals surface area contributed by atoms with Crippen LogP contribution in [-0.2, 0) is 5.54 Å². The molecule has 0 radical (unpaired) electrons. The summed E-state index contributed by atoms with van der Waals surface area (Å²) in [5, 5.41) is 12.1. The lowest BCUT2D eigenvalue weighted by Gasteiger charge is -2.42. The van der Waals surface area contributed by atoms with Crippen LogP contribution in [0.2, 0.25) is 0 Å². The molecule has 1 heterocycles. The first kappa shape index (κ1) is 15.5. The standard InChI is InChI=1S/C16H20N2S2/c1-14(12-19-2)16(13-17,15-6-4-3-5-7-15)18-8-10-20-11-9-18/h3-7,12H,8-11H2,1-2H3/b14-12+. The van der Waals surface area contributed by atoms with Crippen LogP contribution in [0.5, 0.6) is 0 Å². The van der Waals surface area contributed by atoms with Crippen LogP contribution in [0.15, 0.2) is 41.3 Å². The van der Waals surface area contributed by atoms with Gasteiger partial charge < -0.3 is 0 Å². The minimum Gasteiger partial charge on any atom is -0.277 e. The zero-order chi connectivity index (χ0) is 14.4. The number of nitrogens with zero attached hydrogens (tertiary/aromatic N) is 2. The van der Waals surface area contributed by atoms with Gasteiger partial charge in [0.15, 0.2) is 5.54 Å². The van der Waals surface area contributed by atoms with Crippen molar-refractivity contribution >= 4 is 23.5 Å². The van der Waals surface area contributed by atoms with Crippen LogP contribution < -0.4 is 0 Å². The maximum absolute atomic E-state index is 10.0. The van der Waals surface area contributed by atoms with Crippen molar-refractivity contribution in [3.05, 3.63) is 46.9 Å². The summed E-state index contributed by atoms with van der Waals surface area (Å²) >= 11 is 3.64. The molecule has 0 amide bonds. The molecule has 1 aliphatic heterocycles. The Balaban J connectivity index is 2.52. The Kier molecular flexibility index (Phi) is 5.59.